The van der Waals surface area contributed by atoms with Crippen molar-refractivity contribution >= 4 is 27.5 Å². The highest BCUT2D eigenvalue weighted by atomic mass is 32.2. The van der Waals surface area contributed by atoms with Gasteiger partial charge in [0.25, 0.3) is 0 Å². The Morgan fingerprint density at radius 1 is 1.00 bits per heavy atom. The predicted octanol–water partition coefficient (Wildman–Crippen LogP) is 2.76. The van der Waals surface area contributed by atoms with Crippen LogP contribution < -0.4 is 4.72 Å². The number of anilines is 1. The third-order valence-corrected chi connectivity index (χ3v) is 3.83. The van der Waals surface area contributed by atoms with Gasteiger partial charge in [-0.05, 0) is 43.3 Å². The molecule has 0 heterocycles. The molecule has 2 rings (SSSR count). The van der Waals surface area contributed by atoms with Gasteiger partial charge in [0.1, 0.15) is 11.6 Å². The maximum Gasteiger partial charge on any atom is 0.339 e. The molecule has 0 unspecified atom stereocenters. The third kappa shape index (κ3) is 5.35. The molecule has 0 aliphatic heterocycles. The molecule has 0 saturated carbocycles. The summed E-state index contributed by atoms with van der Waals surface area (Å²) in [5.41, 5.74) is 0.0913. The first-order chi connectivity index (χ1) is 12.0. The maximum absolute atomic E-state index is 13.1. The standard InChI is InChI=1S/C17H15F2NO5S/c1-10(25-17(22)12-7-13(18)9-14(19)8-12)16(21)11-3-5-15(6-4-11)20-26(2,23)24/h3-10,20H,1-2H3/t10-/m1/s1. The van der Waals surface area contributed by atoms with Gasteiger partial charge in [0.05, 0.1) is 11.8 Å². The van der Waals surface area contributed by atoms with Gasteiger partial charge in [-0.25, -0.2) is 22.0 Å². The lowest BCUT2D eigenvalue weighted by Gasteiger charge is -2.13. The van der Waals surface area contributed by atoms with Crippen molar-refractivity contribution in [1.82, 2.24) is 0 Å². The number of halogens is 2. The van der Waals surface area contributed by atoms with Crippen LogP contribution in [0.15, 0.2) is 42.5 Å². The quantitative estimate of drug-likeness (QED) is 0.612. The van der Waals surface area contributed by atoms with E-state index < -0.39 is 39.5 Å². The number of esters is 1. The van der Waals surface area contributed by atoms with E-state index >= 15 is 0 Å². The highest BCUT2D eigenvalue weighted by molar-refractivity contribution is 7.92. The zero-order valence-electron chi connectivity index (χ0n) is 13.8. The van der Waals surface area contributed by atoms with E-state index in [2.05, 4.69) is 4.72 Å². The fraction of sp³-hybridized carbons (Fsp3) is 0.176. The van der Waals surface area contributed by atoms with Gasteiger partial charge in [0, 0.05) is 17.3 Å². The van der Waals surface area contributed by atoms with Gasteiger partial charge in [-0.3, -0.25) is 9.52 Å². The Labute approximate surface area is 148 Å². The molecule has 0 saturated heterocycles. The van der Waals surface area contributed by atoms with E-state index in [4.69, 9.17) is 4.74 Å². The van der Waals surface area contributed by atoms with Crippen LogP contribution >= 0.6 is 0 Å². The lowest BCUT2D eigenvalue weighted by atomic mass is 10.1. The van der Waals surface area contributed by atoms with Crippen LogP contribution in [0.2, 0.25) is 0 Å². The van der Waals surface area contributed by atoms with Crippen LogP contribution in [0, 0.1) is 11.6 Å². The molecule has 1 N–H and O–H groups in total. The second-order valence-electron chi connectivity index (χ2n) is 5.52. The van der Waals surface area contributed by atoms with Crippen LogP contribution in [0.3, 0.4) is 0 Å². The predicted molar refractivity (Wildman–Crippen MR) is 90.5 cm³/mol. The fourth-order valence-corrected chi connectivity index (χ4v) is 2.67. The molecular weight excluding hydrogens is 368 g/mol. The van der Waals surface area contributed by atoms with E-state index in [0.29, 0.717) is 6.07 Å². The van der Waals surface area contributed by atoms with Gasteiger partial charge in [-0.1, -0.05) is 0 Å². The van der Waals surface area contributed by atoms with Gasteiger partial charge in [0.15, 0.2) is 6.10 Å². The summed E-state index contributed by atoms with van der Waals surface area (Å²) < 4.78 is 55.8. The number of carbonyl (C=O) groups excluding carboxylic acids is 2. The molecule has 0 aliphatic rings. The molecule has 0 amide bonds. The van der Waals surface area contributed by atoms with Crippen molar-refractivity contribution in [3.8, 4) is 0 Å². The van der Waals surface area contributed by atoms with Crippen LogP contribution in [0.25, 0.3) is 0 Å². The van der Waals surface area contributed by atoms with E-state index in [-0.39, 0.29) is 16.8 Å². The number of Topliss-reactive ketones (excluding diaryl/α,β-unsaturated/α-hetero) is 1. The first-order valence-corrected chi connectivity index (χ1v) is 9.23. The highest BCUT2D eigenvalue weighted by Gasteiger charge is 2.21. The molecule has 0 radical (unpaired) electrons. The molecule has 6 nitrogen and oxygen atoms in total. The van der Waals surface area contributed by atoms with Gasteiger partial charge in [0.2, 0.25) is 15.8 Å². The Kier molecular flexibility index (Phi) is 5.71. The molecular formula is C17H15F2NO5S. The van der Waals surface area contributed by atoms with Crippen LogP contribution in [-0.4, -0.2) is 32.5 Å². The van der Waals surface area contributed by atoms with Crippen LogP contribution in [0.1, 0.15) is 27.6 Å². The van der Waals surface area contributed by atoms with Crippen molar-refractivity contribution in [2.24, 2.45) is 0 Å². The Morgan fingerprint density at radius 3 is 2.04 bits per heavy atom. The molecule has 1 atom stereocenters. The number of hydrogen-bond acceptors (Lipinski definition) is 5. The van der Waals surface area contributed by atoms with Crippen molar-refractivity contribution in [3.05, 3.63) is 65.2 Å². The monoisotopic (exact) mass is 383 g/mol. The topological polar surface area (TPSA) is 89.5 Å². The average molecular weight is 383 g/mol. The van der Waals surface area contributed by atoms with Crippen molar-refractivity contribution in [2.75, 3.05) is 11.0 Å². The molecule has 0 spiro atoms. The molecule has 2 aromatic carbocycles. The minimum atomic E-state index is -3.45. The number of ether oxygens (including phenoxy) is 1. The number of carbonyl (C=O) groups is 2. The largest absolute Gasteiger partial charge is 0.451 e. The Morgan fingerprint density at radius 2 is 1.54 bits per heavy atom. The van der Waals surface area contributed by atoms with Gasteiger partial charge in [-0.2, -0.15) is 0 Å². The minimum Gasteiger partial charge on any atom is -0.451 e. The lowest BCUT2D eigenvalue weighted by molar-refractivity contribution is 0.0318. The lowest BCUT2D eigenvalue weighted by Crippen LogP contribution is -2.24. The zero-order chi connectivity index (χ0) is 19.5. The average Bonchev–Trinajstić information content (AvgIpc) is 2.52. The Bertz CT molecular complexity index is 922. The van der Waals surface area contributed by atoms with Gasteiger partial charge in [-0.15, -0.1) is 0 Å². The number of nitrogens with one attached hydrogen (secondary N) is 1. The van der Waals surface area contributed by atoms with Crippen LogP contribution in [0.5, 0.6) is 0 Å². The van der Waals surface area contributed by atoms with Crippen molar-refractivity contribution < 1.29 is 31.5 Å². The van der Waals surface area contributed by atoms with Crippen LogP contribution in [-0.2, 0) is 14.8 Å². The second kappa shape index (κ2) is 7.61. The highest BCUT2D eigenvalue weighted by Crippen LogP contribution is 2.15. The van der Waals surface area contributed by atoms with Crippen molar-refractivity contribution in [1.29, 1.82) is 0 Å². The van der Waals surface area contributed by atoms with E-state index in [9.17, 15) is 26.8 Å². The first kappa shape index (κ1) is 19.5. The first-order valence-electron chi connectivity index (χ1n) is 7.34. The molecule has 26 heavy (non-hydrogen) atoms. The van der Waals surface area contributed by atoms with E-state index in [1.807, 2.05) is 0 Å². The molecule has 0 fully saturated rings. The molecule has 0 aromatic heterocycles. The number of ketones is 1. The van der Waals surface area contributed by atoms with E-state index in [1.54, 1.807) is 0 Å². The third-order valence-electron chi connectivity index (χ3n) is 3.22. The smallest absolute Gasteiger partial charge is 0.339 e. The van der Waals surface area contributed by atoms with Crippen molar-refractivity contribution in [3.63, 3.8) is 0 Å². The molecule has 0 bridgehead atoms. The SMILES string of the molecule is C[C@@H](OC(=O)c1cc(F)cc(F)c1)C(=O)c1ccc(NS(C)(=O)=O)cc1. The summed E-state index contributed by atoms with van der Waals surface area (Å²) >= 11 is 0. The summed E-state index contributed by atoms with van der Waals surface area (Å²) in [7, 11) is -3.45. The molecule has 2 aromatic rings. The summed E-state index contributed by atoms with van der Waals surface area (Å²) in [6.45, 7) is 1.32. The molecule has 9 heteroatoms. The van der Waals surface area contributed by atoms with E-state index in [0.717, 1.165) is 18.4 Å². The fourth-order valence-electron chi connectivity index (χ4n) is 2.11. The number of sulfonamides is 1. The summed E-state index contributed by atoms with van der Waals surface area (Å²) in [6.07, 6.45) is -0.217. The van der Waals surface area contributed by atoms with Gasteiger partial charge >= 0.3 is 5.97 Å². The summed E-state index contributed by atoms with van der Waals surface area (Å²) in [6, 6.07) is 7.69. The minimum absolute atomic E-state index is 0.176. The summed E-state index contributed by atoms with van der Waals surface area (Å²) in [5.74, 6) is -3.48. The zero-order valence-corrected chi connectivity index (χ0v) is 14.6. The molecule has 0 aliphatic carbocycles. The second-order valence-corrected chi connectivity index (χ2v) is 7.27. The Hall–Kier alpha value is -2.81. The Balaban J connectivity index is 2.08. The number of hydrogen-bond donors (Lipinski definition) is 1. The summed E-state index contributed by atoms with van der Waals surface area (Å²) in [5, 5.41) is 0. The van der Waals surface area contributed by atoms with E-state index in [1.165, 1.54) is 31.2 Å². The number of rotatable bonds is 6. The van der Waals surface area contributed by atoms with Gasteiger partial charge < -0.3 is 4.74 Å². The van der Waals surface area contributed by atoms with Crippen molar-refractivity contribution in [2.45, 2.75) is 13.0 Å². The molecule has 138 valence electrons. The van der Waals surface area contributed by atoms with Crippen LogP contribution in [0.4, 0.5) is 14.5 Å². The summed E-state index contributed by atoms with van der Waals surface area (Å²) in [4.78, 5) is 24.2. The normalized spacial score (nSPS) is 12.3. The number of benzene rings is 2. The maximum atomic E-state index is 13.1.